The maximum absolute atomic E-state index is 11.0. The Bertz CT molecular complexity index is 202. The van der Waals surface area contributed by atoms with Crippen LogP contribution >= 0.6 is 0 Å². The number of rotatable bonds is 11. The summed E-state index contributed by atoms with van der Waals surface area (Å²) < 4.78 is 10.1. The largest absolute Gasteiger partial charge is 0.466 e. The SMILES string of the molecule is CCCC(=O)OCCCCCCOC(=O)CCC. The molecule has 0 spiro atoms. The van der Waals surface area contributed by atoms with Gasteiger partial charge in [0.15, 0.2) is 0 Å². The van der Waals surface area contributed by atoms with Gasteiger partial charge in [-0.3, -0.25) is 9.59 Å². The van der Waals surface area contributed by atoms with Crippen molar-refractivity contribution in [1.29, 1.82) is 0 Å². The Morgan fingerprint density at radius 2 is 1.11 bits per heavy atom. The number of hydrogen-bond donors (Lipinski definition) is 0. The molecule has 0 heterocycles. The summed E-state index contributed by atoms with van der Waals surface area (Å²) in [6.07, 6.45) is 6.47. The summed E-state index contributed by atoms with van der Waals surface area (Å²) in [5.41, 5.74) is 0. The predicted molar refractivity (Wildman–Crippen MR) is 70.2 cm³/mol. The number of unbranched alkanes of at least 4 members (excludes halogenated alkanes) is 3. The molecule has 0 aliphatic heterocycles. The van der Waals surface area contributed by atoms with Gasteiger partial charge in [0.05, 0.1) is 13.2 Å². The van der Waals surface area contributed by atoms with Gasteiger partial charge in [0.2, 0.25) is 0 Å². The van der Waals surface area contributed by atoms with E-state index in [4.69, 9.17) is 9.47 Å². The summed E-state index contributed by atoms with van der Waals surface area (Å²) in [6.45, 7) is 4.94. The van der Waals surface area contributed by atoms with E-state index in [9.17, 15) is 9.59 Å². The molecule has 0 aromatic carbocycles. The first-order chi connectivity index (χ1) is 8.70. The molecule has 0 saturated heterocycles. The van der Waals surface area contributed by atoms with Crippen molar-refractivity contribution in [3.05, 3.63) is 0 Å². The summed E-state index contributed by atoms with van der Waals surface area (Å²) in [4.78, 5) is 22.1. The van der Waals surface area contributed by atoms with Crippen LogP contribution in [0.15, 0.2) is 0 Å². The maximum Gasteiger partial charge on any atom is 0.305 e. The molecule has 0 aromatic heterocycles. The molecule has 0 fully saturated rings. The van der Waals surface area contributed by atoms with E-state index in [0.717, 1.165) is 38.5 Å². The quantitative estimate of drug-likeness (QED) is 0.422. The van der Waals surface area contributed by atoms with Crippen molar-refractivity contribution in [2.75, 3.05) is 13.2 Å². The molecular formula is C14H26O4. The van der Waals surface area contributed by atoms with Crippen LogP contribution in [0.3, 0.4) is 0 Å². The predicted octanol–water partition coefficient (Wildman–Crippen LogP) is 3.23. The maximum atomic E-state index is 11.0. The number of carbonyl (C=O) groups is 2. The number of hydrogen-bond acceptors (Lipinski definition) is 4. The van der Waals surface area contributed by atoms with Crippen molar-refractivity contribution in [1.82, 2.24) is 0 Å². The first-order valence-electron chi connectivity index (χ1n) is 7.02. The molecule has 0 aromatic rings. The molecule has 0 aliphatic rings. The minimum atomic E-state index is -0.106. The lowest BCUT2D eigenvalue weighted by Crippen LogP contribution is -2.06. The zero-order valence-corrected chi connectivity index (χ0v) is 11.7. The van der Waals surface area contributed by atoms with Crippen molar-refractivity contribution < 1.29 is 19.1 Å². The topological polar surface area (TPSA) is 52.6 Å². The van der Waals surface area contributed by atoms with Gasteiger partial charge in [-0.25, -0.2) is 0 Å². The molecule has 0 unspecified atom stereocenters. The summed E-state index contributed by atoms with van der Waals surface area (Å²) in [7, 11) is 0. The Kier molecular flexibility index (Phi) is 11.7. The number of esters is 2. The Morgan fingerprint density at radius 3 is 1.44 bits per heavy atom. The van der Waals surface area contributed by atoms with Gasteiger partial charge in [0.1, 0.15) is 0 Å². The first-order valence-corrected chi connectivity index (χ1v) is 7.02. The third-order valence-electron chi connectivity index (χ3n) is 2.47. The average Bonchev–Trinajstić information content (AvgIpc) is 2.33. The molecule has 0 N–H and O–H groups in total. The van der Waals surface area contributed by atoms with Crippen LogP contribution in [0.25, 0.3) is 0 Å². The molecule has 106 valence electrons. The highest BCUT2D eigenvalue weighted by Crippen LogP contribution is 2.02. The molecular weight excluding hydrogens is 232 g/mol. The molecule has 18 heavy (non-hydrogen) atoms. The van der Waals surface area contributed by atoms with E-state index >= 15 is 0 Å². The minimum Gasteiger partial charge on any atom is -0.466 e. The van der Waals surface area contributed by atoms with E-state index in [0.29, 0.717) is 26.1 Å². The highest BCUT2D eigenvalue weighted by molar-refractivity contribution is 5.69. The lowest BCUT2D eigenvalue weighted by atomic mass is 10.2. The number of carbonyl (C=O) groups excluding carboxylic acids is 2. The second-order valence-corrected chi connectivity index (χ2v) is 4.36. The Labute approximate surface area is 110 Å². The Balaban J connectivity index is 3.16. The second-order valence-electron chi connectivity index (χ2n) is 4.36. The average molecular weight is 258 g/mol. The van der Waals surface area contributed by atoms with Gasteiger partial charge < -0.3 is 9.47 Å². The fourth-order valence-corrected chi connectivity index (χ4v) is 1.48. The van der Waals surface area contributed by atoms with Gasteiger partial charge in [-0.05, 0) is 38.5 Å². The van der Waals surface area contributed by atoms with Gasteiger partial charge in [-0.15, -0.1) is 0 Å². The third-order valence-corrected chi connectivity index (χ3v) is 2.47. The molecule has 0 atom stereocenters. The third kappa shape index (κ3) is 11.4. The zero-order chi connectivity index (χ0) is 13.6. The summed E-state index contributed by atoms with van der Waals surface area (Å²) in [6, 6.07) is 0. The van der Waals surface area contributed by atoms with Crippen molar-refractivity contribution in [2.24, 2.45) is 0 Å². The van der Waals surface area contributed by atoms with Crippen LogP contribution in [-0.2, 0) is 19.1 Å². The standard InChI is InChI=1S/C14H26O4/c1-3-9-13(15)17-11-7-5-6-8-12-18-14(16)10-4-2/h3-12H2,1-2H3. The zero-order valence-electron chi connectivity index (χ0n) is 11.7. The molecule has 0 aliphatic carbocycles. The van der Waals surface area contributed by atoms with Gasteiger partial charge in [0.25, 0.3) is 0 Å². The molecule has 0 amide bonds. The van der Waals surface area contributed by atoms with Crippen molar-refractivity contribution in [2.45, 2.75) is 65.2 Å². The molecule has 4 heteroatoms. The van der Waals surface area contributed by atoms with Crippen LogP contribution in [0.1, 0.15) is 65.2 Å². The van der Waals surface area contributed by atoms with E-state index in [2.05, 4.69) is 0 Å². The highest BCUT2D eigenvalue weighted by Gasteiger charge is 2.01. The van der Waals surface area contributed by atoms with Crippen molar-refractivity contribution in [3.63, 3.8) is 0 Å². The molecule has 0 rings (SSSR count). The van der Waals surface area contributed by atoms with Crippen LogP contribution in [0.4, 0.5) is 0 Å². The van der Waals surface area contributed by atoms with Gasteiger partial charge >= 0.3 is 11.9 Å². The molecule has 0 bridgehead atoms. The summed E-state index contributed by atoms with van der Waals surface area (Å²) >= 11 is 0. The van der Waals surface area contributed by atoms with Gasteiger partial charge in [0, 0.05) is 12.8 Å². The van der Waals surface area contributed by atoms with Crippen LogP contribution in [0.5, 0.6) is 0 Å². The number of ether oxygens (including phenoxy) is 2. The van der Waals surface area contributed by atoms with Crippen LogP contribution in [-0.4, -0.2) is 25.2 Å². The molecule has 4 nitrogen and oxygen atoms in total. The van der Waals surface area contributed by atoms with E-state index in [1.54, 1.807) is 0 Å². The second kappa shape index (κ2) is 12.4. The fraction of sp³-hybridized carbons (Fsp3) is 0.857. The van der Waals surface area contributed by atoms with Crippen LogP contribution in [0, 0.1) is 0 Å². The van der Waals surface area contributed by atoms with E-state index in [1.807, 2.05) is 13.8 Å². The van der Waals surface area contributed by atoms with Crippen molar-refractivity contribution >= 4 is 11.9 Å². The summed E-state index contributed by atoms with van der Waals surface area (Å²) in [5, 5.41) is 0. The van der Waals surface area contributed by atoms with Crippen LogP contribution < -0.4 is 0 Å². The first kappa shape index (κ1) is 16.9. The fourth-order valence-electron chi connectivity index (χ4n) is 1.48. The van der Waals surface area contributed by atoms with Crippen LogP contribution in [0.2, 0.25) is 0 Å². The Morgan fingerprint density at radius 1 is 0.722 bits per heavy atom. The normalized spacial score (nSPS) is 10.1. The summed E-state index contributed by atoms with van der Waals surface area (Å²) in [5.74, 6) is -0.211. The monoisotopic (exact) mass is 258 g/mol. The van der Waals surface area contributed by atoms with E-state index in [-0.39, 0.29) is 11.9 Å². The lowest BCUT2D eigenvalue weighted by molar-refractivity contribution is -0.145. The van der Waals surface area contributed by atoms with Crippen molar-refractivity contribution in [3.8, 4) is 0 Å². The Hall–Kier alpha value is -1.06. The minimum absolute atomic E-state index is 0.106. The van der Waals surface area contributed by atoms with E-state index in [1.165, 1.54) is 0 Å². The molecule has 0 radical (unpaired) electrons. The lowest BCUT2D eigenvalue weighted by Gasteiger charge is -2.05. The van der Waals surface area contributed by atoms with Gasteiger partial charge in [-0.2, -0.15) is 0 Å². The van der Waals surface area contributed by atoms with Gasteiger partial charge in [-0.1, -0.05) is 13.8 Å². The smallest absolute Gasteiger partial charge is 0.305 e. The van der Waals surface area contributed by atoms with E-state index < -0.39 is 0 Å². The molecule has 0 saturated carbocycles. The highest BCUT2D eigenvalue weighted by atomic mass is 16.5.